The summed E-state index contributed by atoms with van der Waals surface area (Å²) in [5.74, 6) is -0.986. The third-order valence-corrected chi connectivity index (χ3v) is 4.30. The molecule has 1 heterocycles. The van der Waals surface area contributed by atoms with Gasteiger partial charge >= 0.3 is 0 Å². The van der Waals surface area contributed by atoms with Crippen LogP contribution in [-0.4, -0.2) is 46.2 Å². The standard InChI is InChI=1S/C12H18O5/c1-5(13)9(14)12-4-6(12)7-8(10(12)15)17-11(2,3)16-7/h5-8,10,13,15H,4H2,1-3H3/t5?,6-,7+,8+,10+,12+/m1/s1. The summed E-state index contributed by atoms with van der Waals surface area (Å²) in [6.45, 7) is 5.05. The van der Waals surface area contributed by atoms with Crippen LogP contribution in [0.1, 0.15) is 27.2 Å². The van der Waals surface area contributed by atoms with Crippen LogP contribution in [0.2, 0.25) is 0 Å². The van der Waals surface area contributed by atoms with Crippen LogP contribution >= 0.6 is 0 Å². The number of rotatable bonds is 2. The minimum Gasteiger partial charge on any atom is -0.389 e. The molecule has 3 rings (SSSR count). The van der Waals surface area contributed by atoms with Crippen LogP contribution < -0.4 is 0 Å². The van der Waals surface area contributed by atoms with Gasteiger partial charge in [-0.15, -0.1) is 0 Å². The number of carbonyl (C=O) groups is 1. The zero-order valence-corrected chi connectivity index (χ0v) is 10.2. The number of hydrogen-bond donors (Lipinski definition) is 2. The second-order valence-corrected chi connectivity index (χ2v) is 5.90. The summed E-state index contributed by atoms with van der Waals surface area (Å²) in [5.41, 5.74) is -0.819. The van der Waals surface area contributed by atoms with Crippen molar-refractivity contribution in [2.75, 3.05) is 0 Å². The lowest BCUT2D eigenvalue weighted by Crippen LogP contribution is -2.41. The van der Waals surface area contributed by atoms with Crippen LogP contribution in [0.5, 0.6) is 0 Å². The first-order chi connectivity index (χ1) is 7.79. The van der Waals surface area contributed by atoms with Crippen LogP contribution in [-0.2, 0) is 14.3 Å². The minimum absolute atomic E-state index is 0.00799. The third-order valence-electron chi connectivity index (χ3n) is 4.30. The Balaban J connectivity index is 1.87. The summed E-state index contributed by atoms with van der Waals surface area (Å²) in [7, 11) is 0. The fraction of sp³-hybridized carbons (Fsp3) is 0.917. The van der Waals surface area contributed by atoms with Gasteiger partial charge in [0.15, 0.2) is 11.6 Å². The van der Waals surface area contributed by atoms with Crippen molar-refractivity contribution < 1.29 is 24.5 Å². The molecule has 0 aromatic carbocycles. The van der Waals surface area contributed by atoms with Gasteiger partial charge in [0.05, 0.1) is 17.6 Å². The van der Waals surface area contributed by atoms with Crippen molar-refractivity contribution in [1.82, 2.24) is 0 Å². The van der Waals surface area contributed by atoms with Gasteiger partial charge in [0.1, 0.15) is 12.2 Å². The van der Waals surface area contributed by atoms with E-state index in [1.807, 2.05) is 0 Å². The molecule has 0 aromatic rings. The second kappa shape index (κ2) is 3.09. The smallest absolute Gasteiger partial charge is 0.170 e. The van der Waals surface area contributed by atoms with E-state index in [-0.39, 0.29) is 17.8 Å². The van der Waals surface area contributed by atoms with E-state index in [9.17, 15) is 15.0 Å². The molecule has 1 unspecified atom stereocenters. The lowest BCUT2D eigenvalue weighted by molar-refractivity contribution is -0.172. The predicted octanol–water partition coefficient (Wildman–Crippen LogP) is -0.163. The molecule has 6 atom stereocenters. The highest BCUT2D eigenvalue weighted by Gasteiger charge is 2.78. The van der Waals surface area contributed by atoms with E-state index in [0.29, 0.717) is 6.42 Å². The van der Waals surface area contributed by atoms with Crippen LogP contribution in [0.25, 0.3) is 0 Å². The Morgan fingerprint density at radius 1 is 1.35 bits per heavy atom. The molecule has 2 aliphatic carbocycles. The lowest BCUT2D eigenvalue weighted by Gasteiger charge is -2.25. The molecule has 5 heteroatoms. The number of hydrogen-bond acceptors (Lipinski definition) is 5. The number of aliphatic hydroxyl groups excluding tert-OH is 2. The van der Waals surface area contributed by atoms with E-state index in [0.717, 1.165) is 0 Å². The Bertz CT molecular complexity index is 369. The van der Waals surface area contributed by atoms with Gasteiger partial charge in [-0.3, -0.25) is 4.79 Å². The molecular weight excluding hydrogens is 224 g/mol. The van der Waals surface area contributed by atoms with E-state index in [2.05, 4.69) is 0 Å². The van der Waals surface area contributed by atoms with Crippen molar-refractivity contribution in [1.29, 1.82) is 0 Å². The summed E-state index contributed by atoms with van der Waals surface area (Å²) in [6, 6.07) is 0. The van der Waals surface area contributed by atoms with E-state index in [1.54, 1.807) is 13.8 Å². The van der Waals surface area contributed by atoms with Gasteiger partial charge in [0.2, 0.25) is 0 Å². The Kier molecular flexibility index (Phi) is 2.11. The number of ether oxygens (including phenoxy) is 2. The summed E-state index contributed by atoms with van der Waals surface area (Å²) >= 11 is 0. The lowest BCUT2D eigenvalue weighted by atomic mass is 9.91. The first-order valence-electron chi connectivity index (χ1n) is 6.06. The number of ketones is 1. The molecule has 0 radical (unpaired) electrons. The van der Waals surface area contributed by atoms with Crippen LogP contribution in [0.4, 0.5) is 0 Å². The van der Waals surface area contributed by atoms with E-state index < -0.39 is 29.5 Å². The monoisotopic (exact) mass is 242 g/mol. The normalized spacial score (nSPS) is 51.8. The van der Waals surface area contributed by atoms with Crippen molar-refractivity contribution in [3.8, 4) is 0 Å². The van der Waals surface area contributed by atoms with Gasteiger partial charge in [0.25, 0.3) is 0 Å². The quantitative estimate of drug-likeness (QED) is 0.703. The van der Waals surface area contributed by atoms with Gasteiger partial charge < -0.3 is 19.7 Å². The molecule has 3 aliphatic rings. The Hall–Kier alpha value is -0.490. The van der Waals surface area contributed by atoms with Crippen molar-refractivity contribution >= 4 is 5.78 Å². The fourth-order valence-corrected chi connectivity index (χ4v) is 3.54. The zero-order chi connectivity index (χ0) is 12.6. The topological polar surface area (TPSA) is 76.0 Å². The maximum atomic E-state index is 12.0. The molecule has 0 spiro atoms. The Morgan fingerprint density at radius 3 is 2.47 bits per heavy atom. The van der Waals surface area contributed by atoms with Crippen molar-refractivity contribution in [3.05, 3.63) is 0 Å². The van der Waals surface area contributed by atoms with Gasteiger partial charge in [-0.2, -0.15) is 0 Å². The highest BCUT2D eigenvalue weighted by molar-refractivity contribution is 5.93. The first-order valence-corrected chi connectivity index (χ1v) is 6.06. The largest absolute Gasteiger partial charge is 0.389 e. The zero-order valence-electron chi connectivity index (χ0n) is 10.2. The molecule has 0 amide bonds. The molecule has 1 saturated heterocycles. The van der Waals surface area contributed by atoms with Crippen molar-refractivity contribution in [3.63, 3.8) is 0 Å². The average Bonchev–Trinajstić information content (AvgIpc) is 2.83. The molecular formula is C12H18O5. The van der Waals surface area contributed by atoms with Crippen molar-refractivity contribution in [2.24, 2.45) is 11.3 Å². The van der Waals surface area contributed by atoms with E-state index in [4.69, 9.17) is 9.47 Å². The van der Waals surface area contributed by atoms with Crippen LogP contribution in [0, 0.1) is 11.3 Å². The minimum atomic E-state index is -1.04. The predicted molar refractivity (Wildman–Crippen MR) is 57.1 cm³/mol. The van der Waals surface area contributed by atoms with Gasteiger partial charge in [-0.25, -0.2) is 0 Å². The maximum absolute atomic E-state index is 12.0. The summed E-state index contributed by atoms with van der Waals surface area (Å²) in [5, 5.41) is 19.7. The molecule has 0 aromatic heterocycles. The number of Topliss-reactive ketones (excluding diaryl/α,β-unsaturated/α-hetero) is 1. The molecule has 5 nitrogen and oxygen atoms in total. The average molecular weight is 242 g/mol. The maximum Gasteiger partial charge on any atom is 0.170 e. The van der Waals surface area contributed by atoms with Gasteiger partial charge in [-0.1, -0.05) is 0 Å². The van der Waals surface area contributed by atoms with Crippen LogP contribution in [0.3, 0.4) is 0 Å². The highest BCUT2D eigenvalue weighted by atomic mass is 16.8. The van der Waals surface area contributed by atoms with Crippen LogP contribution in [0.15, 0.2) is 0 Å². The van der Waals surface area contributed by atoms with Gasteiger partial charge in [-0.05, 0) is 27.2 Å². The molecule has 96 valence electrons. The summed E-state index contributed by atoms with van der Waals surface area (Å²) < 4.78 is 11.4. The SMILES string of the molecule is CC(O)C(=O)[C@]12C[C@@H]1[C@@H]1OC(C)(C)O[C@@H]1[C@@H]2O. The molecule has 17 heavy (non-hydrogen) atoms. The number of aliphatic hydroxyl groups is 2. The number of fused-ring (bicyclic) bond motifs is 3. The Morgan fingerprint density at radius 2 is 1.94 bits per heavy atom. The third kappa shape index (κ3) is 1.31. The Labute approximate surface area is 99.7 Å². The summed E-state index contributed by atoms with van der Waals surface area (Å²) in [4.78, 5) is 12.0. The second-order valence-electron chi connectivity index (χ2n) is 5.90. The van der Waals surface area contributed by atoms with Crippen molar-refractivity contribution in [2.45, 2.75) is 57.4 Å². The molecule has 0 bridgehead atoms. The number of carbonyl (C=O) groups excluding carboxylic acids is 1. The molecule has 3 fully saturated rings. The first kappa shape index (κ1) is 11.6. The summed E-state index contributed by atoms with van der Waals surface area (Å²) in [6.07, 6.45) is -1.96. The molecule has 1 aliphatic heterocycles. The molecule has 2 saturated carbocycles. The highest BCUT2D eigenvalue weighted by Crippen LogP contribution is 2.67. The van der Waals surface area contributed by atoms with Gasteiger partial charge in [0, 0.05) is 5.92 Å². The fourth-order valence-electron chi connectivity index (χ4n) is 3.54. The molecule has 2 N–H and O–H groups in total. The van der Waals surface area contributed by atoms with E-state index in [1.165, 1.54) is 6.92 Å². The van der Waals surface area contributed by atoms with E-state index >= 15 is 0 Å².